The lowest BCUT2D eigenvalue weighted by atomic mass is 10.1. The second-order valence-electron chi connectivity index (χ2n) is 8.17. The SMILES string of the molecule is O=C(CN1C(=O)S/C(=C\c2cn(Cc3ccc(Cl)cc3Cl)c3ccc(Br)cc23)C1=O)c1ccccc1. The molecule has 1 fully saturated rings. The summed E-state index contributed by atoms with van der Waals surface area (Å²) in [5.41, 5.74) is 3.06. The Labute approximate surface area is 229 Å². The van der Waals surface area contributed by atoms with Gasteiger partial charge in [-0.2, -0.15) is 0 Å². The summed E-state index contributed by atoms with van der Waals surface area (Å²) in [7, 11) is 0. The zero-order valence-corrected chi connectivity index (χ0v) is 22.5. The lowest BCUT2D eigenvalue weighted by Crippen LogP contribution is -2.33. The van der Waals surface area contributed by atoms with Crippen LogP contribution in [0.25, 0.3) is 17.0 Å². The third-order valence-corrected chi connectivity index (χ3v) is 7.78. The van der Waals surface area contributed by atoms with E-state index in [1.54, 1.807) is 48.5 Å². The van der Waals surface area contributed by atoms with Crippen molar-refractivity contribution in [2.75, 3.05) is 6.54 Å². The number of thioether (sulfide) groups is 1. The van der Waals surface area contributed by atoms with Crippen molar-refractivity contribution >= 4 is 84.8 Å². The standard InChI is InChI=1S/C27H17BrCl2N2O3S/c28-19-7-9-23-21(11-19)18(14-31(23)13-17-6-8-20(29)12-22(17)30)10-25-26(34)32(27(35)36-25)15-24(33)16-4-2-1-3-5-16/h1-12,14H,13,15H2/b25-10-. The van der Waals surface area contributed by atoms with Crippen LogP contribution in [0.5, 0.6) is 0 Å². The minimum Gasteiger partial charge on any atom is -0.342 e. The van der Waals surface area contributed by atoms with E-state index in [1.807, 2.05) is 35.0 Å². The third kappa shape index (κ3) is 5.02. The first kappa shape index (κ1) is 24.8. The van der Waals surface area contributed by atoms with E-state index in [1.165, 1.54) is 0 Å². The molecule has 36 heavy (non-hydrogen) atoms. The number of fused-ring (bicyclic) bond motifs is 1. The summed E-state index contributed by atoms with van der Waals surface area (Å²) in [6, 6.07) is 19.9. The molecule has 180 valence electrons. The fourth-order valence-corrected chi connectivity index (χ4v) is 5.67. The first-order chi connectivity index (χ1) is 17.3. The van der Waals surface area contributed by atoms with Crippen LogP contribution in [0.2, 0.25) is 10.0 Å². The van der Waals surface area contributed by atoms with Crippen molar-refractivity contribution in [2.24, 2.45) is 0 Å². The molecule has 2 amide bonds. The predicted octanol–water partition coefficient (Wildman–Crippen LogP) is 7.68. The van der Waals surface area contributed by atoms with Crippen LogP contribution >= 0.6 is 50.9 Å². The van der Waals surface area contributed by atoms with Gasteiger partial charge in [0.25, 0.3) is 11.1 Å². The number of hydrogen-bond acceptors (Lipinski definition) is 4. The highest BCUT2D eigenvalue weighted by atomic mass is 79.9. The van der Waals surface area contributed by atoms with Crippen LogP contribution in [0.15, 0.2) is 82.3 Å². The maximum Gasteiger partial charge on any atom is 0.293 e. The van der Waals surface area contributed by atoms with Crippen LogP contribution in [0.3, 0.4) is 0 Å². The minimum absolute atomic E-state index is 0.268. The zero-order valence-electron chi connectivity index (χ0n) is 18.6. The summed E-state index contributed by atoms with van der Waals surface area (Å²) in [6.45, 7) is 0.198. The molecule has 0 unspecified atom stereocenters. The highest BCUT2D eigenvalue weighted by Gasteiger charge is 2.36. The number of imide groups is 1. The van der Waals surface area contributed by atoms with Crippen LogP contribution in [0, 0.1) is 0 Å². The first-order valence-electron chi connectivity index (χ1n) is 10.9. The Morgan fingerprint density at radius 2 is 1.78 bits per heavy atom. The van der Waals surface area contributed by atoms with Crippen LogP contribution in [0.1, 0.15) is 21.5 Å². The Hall–Kier alpha value is -2.84. The summed E-state index contributed by atoms with van der Waals surface area (Å²) < 4.78 is 2.92. The molecule has 3 aromatic carbocycles. The second-order valence-corrected chi connectivity index (χ2v) is 10.9. The number of aromatic nitrogens is 1. The van der Waals surface area contributed by atoms with Crippen molar-refractivity contribution in [3.63, 3.8) is 0 Å². The predicted molar refractivity (Wildman–Crippen MR) is 149 cm³/mol. The number of halogens is 3. The van der Waals surface area contributed by atoms with E-state index in [4.69, 9.17) is 23.2 Å². The quantitative estimate of drug-likeness (QED) is 0.168. The number of amides is 2. The van der Waals surface area contributed by atoms with Crippen molar-refractivity contribution < 1.29 is 14.4 Å². The normalized spacial score (nSPS) is 14.9. The van der Waals surface area contributed by atoms with E-state index in [-0.39, 0.29) is 17.2 Å². The van der Waals surface area contributed by atoms with Gasteiger partial charge in [0, 0.05) is 49.3 Å². The molecule has 0 bridgehead atoms. The molecule has 1 saturated heterocycles. The summed E-state index contributed by atoms with van der Waals surface area (Å²) >= 11 is 16.8. The van der Waals surface area contributed by atoms with Gasteiger partial charge >= 0.3 is 0 Å². The summed E-state index contributed by atoms with van der Waals surface area (Å²) in [5.74, 6) is -0.773. The molecule has 4 aromatic rings. The molecule has 0 atom stereocenters. The Morgan fingerprint density at radius 3 is 2.53 bits per heavy atom. The number of hydrogen-bond donors (Lipinski definition) is 0. The molecule has 0 N–H and O–H groups in total. The van der Waals surface area contributed by atoms with E-state index >= 15 is 0 Å². The van der Waals surface area contributed by atoms with Gasteiger partial charge < -0.3 is 4.57 Å². The van der Waals surface area contributed by atoms with Crippen LogP contribution in [-0.2, 0) is 11.3 Å². The van der Waals surface area contributed by atoms with Crippen molar-refractivity contribution in [3.8, 4) is 0 Å². The van der Waals surface area contributed by atoms with Gasteiger partial charge in [0.05, 0.1) is 11.4 Å². The molecule has 2 heterocycles. The smallest absolute Gasteiger partial charge is 0.293 e. The average Bonchev–Trinajstić information content (AvgIpc) is 3.32. The molecule has 9 heteroatoms. The van der Waals surface area contributed by atoms with Crippen molar-refractivity contribution in [1.29, 1.82) is 0 Å². The van der Waals surface area contributed by atoms with E-state index in [0.29, 0.717) is 22.2 Å². The molecule has 5 nitrogen and oxygen atoms in total. The topological polar surface area (TPSA) is 59.4 Å². The van der Waals surface area contributed by atoms with Gasteiger partial charge in [0.15, 0.2) is 5.78 Å². The lowest BCUT2D eigenvalue weighted by Gasteiger charge is -2.11. The van der Waals surface area contributed by atoms with Crippen molar-refractivity contribution in [3.05, 3.63) is 109 Å². The number of carbonyl (C=O) groups excluding carboxylic acids is 3. The van der Waals surface area contributed by atoms with Gasteiger partial charge in [-0.05, 0) is 53.7 Å². The number of ketones is 1. The summed E-state index contributed by atoms with van der Waals surface area (Å²) in [4.78, 5) is 39.6. The average molecular weight is 600 g/mol. The van der Waals surface area contributed by atoms with E-state index in [0.717, 1.165) is 43.2 Å². The molecule has 1 aliphatic rings. The van der Waals surface area contributed by atoms with Gasteiger partial charge in [-0.25, -0.2) is 0 Å². The Kier molecular flexibility index (Phi) is 7.08. The molecule has 0 saturated carbocycles. The molecular weight excluding hydrogens is 583 g/mol. The molecule has 0 aliphatic carbocycles. The van der Waals surface area contributed by atoms with Gasteiger partial charge in [0.1, 0.15) is 0 Å². The van der Waals surface area contributed by atoms with E-state index in [2.05, 4.69) is 15.9 Å². The van der Waals surface area contributed by atoms with Crippen LogP contribution in [0.4, 0.5) is 4.79 Å². The molecular formula is C27H17BrCl2N2O3S. The molecule has 5 rings (SSSR count). The molecule has 1 aromatic heterocycles. The number of benzene rings is 3. The lowest BCUT2D eigenvalue weighted by molar-refractivity contribution is -0.122. The second kappa shape index (κ2) is 10.3. The van der Waals surface area contributed by atoms with Crippen molar-refractivity contribution in [2.45, 2.75) is 6.54 Å². The maximum absolute atomic E-state index is 13.1. The van der Waals surface area contributed by atoms with Gasteiger partial charge in [-0.15, -0.1) is 0 Å². The fraction of sp³-hybridized carbons (Fsp3) is 0.0741. The molecule has 1 aliphatic heterocycles. The number of rotatable bonds is 6. The minimum atomic E-state index is -0.481. The fourth-order valence-electron chi connectivity index (χ4n) is 4.01. The van der Waals surface area contributed by atoms with Gasteiger partial charge in [-0.3, -0.25) is 19.3 Å². The molecule has 0 spiro atoms. The van der Waals surface area contributed by atoms with E-state index in [9.17, 15) is 14.4 Å². The zero-order chi connectivity index (χ0) is 25.4. The first-order valence-corrected chi connectivity index (χ1v) is 13.2. The summed E-state index contributed by atoms with van der Waals surface area (Å²) in [6.07, 6.45) is 3.62. The number of carbonyl (C=O) groups is 3. The Morgan fingerprint density at radius 1 is 1.00 bits per heavy atom. The van der Waals surface area contributed by atoms with E-state index < -0.39 is 11.1 Å². The maximum atomic E-state index is 13.1. The van der Waals surface area contributed by atoms with Crippen LogP contribution < -0.4 is 0 Å². The Bertz CT molecular complexity index is 1570. The van der Waals surface area contributed by atoms with Crippen LogP contribution in [-0.4, -0.2) is 32.9 Å². The number of nitrogens with zero attached hydrogens (tertiary/aromatic N) is 2. The van der Waals surface area contributed by atoms with Gasteiger partial charge in [-0.1, -0.05) is 75.5 Å². The monoisotopic (exact) mass is 598 g/mol. The highest BCUT2D eigenvalue weighted by molar-refractivity contribution is 9.10. The highest BCUT2D eigenvalue weighted by Crippen LogP contribution is 2.35. The summed E-state index contributed by atoms with van der Waals surface area (Å²) in [5, 5.41) is 1.56. The third-order valence-electron chi connectivity index (χ3n) is 5.79. The Balaban J connectivity index is 1.47. The largest absolute Gasteiger partial charge is 0.342 e. The number of Topliss-reactive ketones (excluding diaryl/α,β-unsaturated/α-hetero) is 1. The molecule has 0 radical (unpaired) electrons. The van der Waals surface area contributed by atoms with Gasteiger partial charge in [0.2, 0.25) is 0 Å². The van der Waals surface area contributed by atoms with Crippen molar-refractivity contribution in [1.82, 2.24) is 9.47 Å².